The molecule has 0 spiro atoms. The predicted molar refractivity (Wildman–Crippen MR) is 55.5 cm³/mol. The highest BCUT2D eigenvalue weighted by atomic mass is 32.2. The number of carbonyl (C=O) groups excluding carboxylic acids is 1. The summed E-state index contributed by atoms with van der Waals surface area (Å²) < 4.78 is 5.99. The number of carbonyl (C=O) groups is 1. The first-order valence-electron chi connectivity index (χ1n) is 4.73. The van der Waals surface area contributed by atoms with Gasteiger partial charge in [0.25, 0.3) is 0 Å². The fourth-order valence-electron chi connectivity index (χ4n) is 0.894. The van der Waals surface area contributed by atoms with Crippen LogP contribution in [0.2, 0.25) is 0 Å². The molecule has 0 radical (unpaired) electrons. The minimum Gasteiger partial charge on any atom is -0.468 e. The molecule has 0 aliphatic heterocycles. The van der Waals surface area contributed by atoms with Crippen molar-refractivity contribution in [1.29, 1.82) is 0 Å². The number of unbranched alkanes of at least 4 members (excludes halogenated alkanes) is 1. The molecule has 84 valence electrons. The third-order valence-electron chi connectivity index (χ3n) is 1.73. The van der Waals surface area contributed by atoms with Crippen LogP contribution < -0.4 is 0 Å². The standard InChI is InChI=1S/C8H14N4O2S/c1-3-4-5-15-8-9-10-11-12(8)6-7(13)14-2/h3-6H2,1-2H3. The Morgan fingerprint density at radius 2 is 2.40 bits per heavy atom. The van der Waals surface area contributed by atoms with Crippen molar-refractivity contribution in [1.82, 2.24) is 20.2 Å². The van der Waals surface area contributed by atoms with E-state index in [1.807, 2.05) is 0 Å². The van der Waals surface area contributed by atoms with Crippen molar-refractivity contribution in [3.63, 3.8) is 0 Å². The smallest absolute Gasteiger partial charge is 0.327 e. The third kappa shape index (κ3) is 3.86. The molecule has 15 heavy (non-hydrogen) atoms. The summed E-state index contributed by atoms with van der Waals surface area (Å²) in [7, 11) is 1.34. The second-order valence-electron chi connectivity index (χ2n) is 2.90. The van der Waals surface area contributed by atoms with Gasteiger partial charge in [0.05, 0.1) is 7.11 Å². The van der Waals surface area contributed by atoms with E-state index in [1.54, 1.807) is 11.8 Å². The zero-order chi connectivity index (χ0) is 11.1. The average molecular weight is 230 g/mol. The molecule has 0 amide bonds. The van der Waals surface area contributed by atoms with Crippen LogP contribution in [0.4, 0.5) is 0 Å². The van der Waals surface area contributed by atoms with Gasteiger partial charge in [0.1, 0.15) is 6.54 Å². The van der Waals surface area contributed by atoms with Gasteiger partial charge in [0, 0.05) is 5.75 Å². The minimum absolute atomic E-state index is 0.0674. The Labute approximate surface area is 92.4 Å². The Hall–Kier alpha value is -1.11. The molecular formula is C8H14N4O2S. The molecule has 0 saturated heterocycles. The van der Waals surface area contributed by atoms with Gasteiger partial charge in [-0.15, -0.1) is 5.10 Å². The minimum atomic E-state index is -0.348. The van der Waals surface area contributed by atoms with Gasteiger partial charge in [-0.05, 0) is 16.8 Å². The molecule has 0 fully saturated rings. The number of hydrogen-bond donors (Lipinski definition) is 0. The normalized spacial score (nSPS) is 10.3. The Morgan fingerprint density at radius 1 is 1.60 bits per heavy atom. The Bertz CT molecular complexity index is 315. The van der Waals surface area contributed by atoms with Gasteiger partial charge < -0.3 is 4.74 Å². The molecule has 0 unspecified atom stereocenters. The molecular weight excluding hydrogens is 216 g/mol. The molecule has 1 heterocycles. The second-order valence-corrected chi connectivity index (χ2v) is 3.96. The third-order valence-corrected chi connectivity index (χ3v) is 2.78. The van der Waals surface area contributed by atoms with E-state index in [1.165, 1.54) is 11.8 Å². The molecule has 0 aliphatic rings. The zero-order valence-electron chi connectivity index (χ0n) is 8.84. The lowest BCUT2D eigenvalue weighted by atomic mass is 10.4. The number of ether oxygens (including phenoxy) is 1. The highest BCUT2D eigenvalue weighted by Gasteiger charge is 2.10. The van der Waals surface area contributed by atoms with Crippen LogP contribution in [0, 0.1) is 0 Å². The summed E-state index contributed by atoms with van der Waals surface area (Å²) in [5, 5.41) is 11.7. The van der Waals surface area contributed by atoms with E-state index in [-0.39, 0.29) is 12.5 Å². The average Bonchev–Trinajstić information content (AvgIpc) is 2.66. The van der Waals surface area contributed by atoms with Crippen LogP contribution in [0.5, 0.6) is 0 Å². The van der Waals surface area contributed by atoms with Crippen molar-refractivity contribution in [2.24, 2.45) is 0 Å². The molecule has 0 aromatic carbocycles. The molecule has 1 rings (SSSR count). The van der Waals surface area contributed by atoms with Gasteiger partial charge in [0.2, 0.25) is 5.16 Å². The van der Waals surface area contributed by atoms with Crippen LogP contribution in [-0.2, 0) is 16.1 Å². The quantitative estimate of drug-likeness (QED) is 0.408. The second kappa shape index (κ2) is 6.39. The lowest BCUT2D eigenvalue weighted by Crippen LogP contribution is -2.13. The summed E-state index contributed by atoms with van der Waals surface area (Å²) in [5.41, 5.74) is 0. The fourth-order valence-corrected chi connectivity index (χ4v) is 1.85. The van der Waals surface area contributed by atoms with Crippen molar-refractivity contribution >= 4 is 17.7 Å². The van der Waals surface area contributed by atoms with E-state index in [0.29, 0.717) is 5.16 Å². The van der Waals surface area contributed by atoms with E-state index < -0.39 is 0 Å². The highest BCUT2D eigenvalue weighted by molar-refractivity contribution is 7.99. The fraction of sp³-hybridized carbons (Fsp3) is 0.750. The summed E-state index contributed by atoms with van der Waals surface area (Å²) in [6, 6.07) is 0. The molecule has 1 aromatic heterocycles. The van der Waals surface area contributed by atoms with E-state index in [4.69, 9.17) is 0 Å². The maximum atomic E-state index is 11.0. The van der Waals surface area contributed by atoms with E-state index >= 15 is 0 Å². The number of aromatic nitrogens is 4. The van der Waals surface area contributed by atoms with E-state index in [9.17, 15) is 4.79 Å². The Kier molecular flexibility index (Phi) is 5.09. The van der Waals surface area contributed by atoms with Crippen LogP contribution >= 0.6 is 11.8 Å². The van der Waals surface area contributed by atoms with E-state index in [0.717, 1.165) is 18.6 Å². The van der Waals surface area contributed by atoms with Gasteiger partial charge in [-0.25, -0.2) is 4.68 Å². The Balaban J connectivity index is 2.49. The maximum Gasteiger partial charge on any atom is 0.327 e. The van der Waals surface area contributed by atoms with Crippen LogP contribution in [-0.4, -0.2) is 39.0 Å². The van der Waals surface area contributed by atoms with Crippen molar-refractivity contribution in [2.45, 2.75) is 31.5 Å². The first kappa shape index (κ1) is 12.0. The highest BCUT2D eigenvalue weighted by Crippen LogP contribution is 2.15. The number of thioether (sulfide) groups is 1. The lowest BCUT2D eigenvalue weighted by Gasteiger charge is -2.01. The van der Waals surface area contributed by atoms with Crippen molar-refractivity contribution in [2.75, 3.05) is 12.9 Å². The first-order valence-corrected chi connectivity index (χ1v) is 5.72. The lowest BCUT2D eigenvalue weighted by molar-refractivity contribution is -0.141. The largest absolute Gasteiger partial charge is 0.468 e. The van der Waals surface area contributed by atoms with Gasteiger partial charge >= 0.3 is 5.97 Å². The zero-order valence-corrected chi connectivity index (χ0v) is 9.66. The number of esters is 1. The maximum absolute atomic E-state index is 11.0. The number of hydrogen-bond acceptors (Lipinski definition) is 6. The molecule has 0 N–H and O–H groups in total. The Morgan fingerprint density at radius 3 is 3.07 bits per heavy atom. The van der Waals surface area contributed by atoms with Crippen LogP contribution in [0.25, 0.3) is 0 Å². The summed E-state index contributed by atoms with van der Waals surface area (Å²) in [6.07, 6.45) is 2.24. The predicted octanol–water partition coefficient (Wildman–Crippen LogP) is 0.738. The van der Waals surface area contributed by atoms with Crippen LogP contribution in [0.1, 0.15) is 19.8 Å². The van der Waals surface area contributed by atoms with Crippen molar-refractivity contribution in [3.05, 3.63) is 0 Å². The molecule has 6 nitrogen and oxygen atoms in total. The molecule has 0 saturated carbocycles. The van der Waals surface area contributed by atoms with Gasteiger partial charge in [0.15, 0.2) is 0 Å². The summed E-state index contributed by atoms with van der Waals surface area (Å²) in [4.78, 5) is 11.0. The first-order chi connectivity index (χ1) is 7.27. The van der Waals surface area contributed by atoms with Gasteiger partial charge in [-0.1, -0.05) is 25.1 Å². The number of rotatable bonds is 6. The van der Waals surface area contributed by atoms with Crippen molar-refractivity contribution < 1.29 is 9.53 Å². The van der Waals surface area contributed by atoms with E-state index in [2.05, 4.69) is 27.2 Å². The molecule has 0 atom stereocenters. The SMILES string of the molecule is CCCCSc1nnnn1CC(=O)OC. The molecule has 7 heteroatoms. The molecule has 0 bridgehead atoms. The summed E-state index contributed by atoms with van der Waals surface area (Å²) >= 11 is 1.55. The number of nitrogens with zero attached hydrogens (tertiary/aromatic N) is 4. The van der Waals surface area contributed by atoms with Crippen LogP contribution in [0.3, 0.4) is 0 Å². The summed E-state index contributed by atoms with van der Waals surface area (Å²) in [5.74, 6) is 0.609. The van der Waals surface area contributed by atoms with Gasteiger partial charge in [-0.2, -0.15) is 0 Å². The number of methoxy groups -OCH3 is 1. The van der Waals surface area contributed by atoms with Crippen LogP contribution in [0.15, 0.2) is 5.16 Å². The monoisotopic (exact) mass is 230 g/mol. The van der Waals surface area contributed by atoms with Gasteiger partial charge in [-0.3, -0.25) is 4.79 Å². The molecule has 0 aliphatic carbocycles. The van der Waals surface area contributed by atoms with Crippen molar-refractivity contribution in [3.8, 4) is 0 Å². The topological polar surface area (TPSA) is 69.9 Å². The molecule has 1 aromatic rings. The number of tetrazole rings is 1. The summed E-state index contributed by atoms with van der Waals surface area (Å²) in [6.45, 7) is 2.19.